The van der Waals surface area contributed by atoms with Gasteiger partial charge >= 0.3 is 5.97 Å². The number of carbonyl (C=O) groups is 1. The average molecular weight is 266 g/mol. The smallest absolute Gasteiger partial charge is 0.325 e. The van der Waals surface area contributed by atoms with E-state index in [9.17, 15) is 13.2 Å². The third kappa shape index (κ3) is 3.93. The second kappa shape index (κ2) is 5.79. The molecule has 2 unspecified atom stereocenters. The van der Waals surface area contributed by atoms with Crippen LogP contribution in [-0.4, -0.2) is 38.8 Å². The number of sulfonamides is 1. The lowest BCUT2D eigenvalue weighted by Gasteiger charge is -2.33. The van der Waals surface area contributed by atoms with Crippen molar-refractivity contribution in [3.8, 4) is 0 Å². The summed E-state index contributed by atoms with van der Waals surface area (Å²) in [6, 6.07) is 0. The van der Waals surface area contributed by atoms with Crippen LogP contribution in [0.15, 0.2) is 0 Å². The van der Waals surface area contributed by atoms with Gasteiger partial charge in [-0.2, -0.15) is 0 Å². The summed E-state index contributed by atoms with van der Waals surface area (Å²) in [5.74, 6) is -0.784. The van der Waals surface area contributed by atoms with Crippen molar-refractivity contribution in [2.75, 3.05) is 13.7 Å². The average Bonchev–Trinajstić information content (AvgIpc) is 2.25. The van der Waals surface area contributed by atoms with Gasteiger partial charge in [-0.1, -0.05) is 13.8 Å². The number of esters is 1. The minimum atomic E-state index is -3.79. The molecule has 2 atom stereocenters. The van der Waals surface area contributed by atoms with Crippen molar-refractivity contribution in [1.29, 1.82) is 0 Å². The van der Waals surface area contributed by atoms with Gasteiger partial charge in [-0.3, -0.25) is 4.79 Å². The summed E-state index contributed by atoms with van der Waals surface area (Å²) >= 11 is 0. The minimum Gasteiger partial charge on any atom is -0.468 e. The lowest BCUT2D eigenvalue weighted by atomic mass is 9.90. The molecule has 0 aliphatic heterocycles. The number of nitrogens with one attached hydrogen (secondary N) is 1. The third-order valence-corrected chi connectivity index (χ3v) is 4.95. The van der Waals surface area contributed by atoms with E-state index in [1.807, 2.05) is 13.8 Å². The number of ether oxygens (including phenoxy) is 1. The van der Waals surface area contributed by atoms with Crippen molar-refractivity contribution in [3.63, 3.8) is 0 Å². The quantitative estimate of drug-likeness (QED) is 0.651. The first-order valence-corrected chi connectivity index (χ1v) is 6.96. The summed E-state index contributed by atoms with van der Waals surface area (Å²) in [5, 5.41) is -1.25. The summed E-state index contributed by atoms with van der Waals surface area (Å²) in [4.78, 5) is 11.2. The van der Waals surface area contributed by atoms with E-state index in [-0.39, 0.29) is 12.5 Å². The van der Waals surface area contributed by atoms with Gasteiger partial charge in [-0.15, -0.1) is 0 Å². The monoisotopic (exact) mass is 266 g/mol. The molecule has 0 saturated carbocycles. The van der Waals surface area contributed by atoms with Gasteiger partial charge in [0.05, 0.1) is 7.11 Å². The van der Waals surface area contributed by atoms with E-state index in [0.717, 1.165) is 7.11 Å². The Bertz CT molecular complexity index is 367. The van der Waals surface area contributed by atoms with Crippen LogP contribution in [0.3, 0.4) is 0 Å². The number of hydrogen-bond donors (Lipinski definition) is 2. The van der Waals surface area contributed by atoms with Crippen LogP contribution in [0.5, 0.6) is 0 Å². The van der Waals surface area contributed by atoms with Gasteiger partial charge in [0, 0.05) is 12.1 Å². The maximum atomic E-state index is 11.9. The topological polar surface area (TPSA) is 98.5 Å². The zero-order chi connectivity index (χ0) is 13.9. The molecule has 0 fully saturated rings. The first-order chi connectivity index (χ1) is 7.60. The highest BCUT2D eigenvalue weighted by atomic mass is 32.2. The van der Waals surface area contributed by atoms with Crippen LogP contribution in [0.4, 0.5) is 0 Å². The molecule has 0 saturated heterocycles. The molecule has 0 bridgehead atoms. The molecule has 0 spiro atoms. The summed E-state index contributed by atoms with van der Waals surface area (Å²) in [5.41, 5.74) is 4.80. The normalized spacial score (nSPS) is 17.6. The summed E-state index contributed by atoms with van der Waals surface area (Å²) in [7, 11) is -2.64. The van der Waals surface area contributed by atoms with Crippen molar-refractivity contribution in [2.24, 2.45) is 11.7 Å². The fourth-order valence-corrected chi connectivity index (χ4v) is 2.60. The van der Waals surface area contributed by atoms with Crippen molar-refractivity contribution in [3.05, 3.63) is 0 Å². The van der Waals surface area contributed by atoms with E-state index in [4.69, 9.17) is 5.73 Å². The molecule has 7 heteroatoms. The van der Waals surface area contributed by atoms with E-state index >= 15 is 0 Å². The van der Waals surface area contributed by atoms with Crippen molar-refractivity contribution in [2.45, 2.75) is 38.5 Å². The molecule has 0 aliphatic rings. The maximum absolute atomic E-state index is 11.9. The van der Waals surface area contributed by atoms with Gasteiger partial charge in [0.1, 0.15) is 0 Å². The van der Waals surface area contributed by atoms with Crippen LogP contribution in [0.1, 0.15) is 27.7 Å². The number of hydrogen-bond acceptors (Lipinski definition) is 5. The van der Waals surface area contributed by atoms with Crippen LogP contribution in [-0.2, 0) is 19.6 Å². The van der Waals surface area contributed by atoms with E-state index in [0.29, 0.717) is 0 Å². The Morgan fingerprint density at radius 2 is 1.88 bits per heavy atom. The van der Waals surface area contributed by atoms with Gasteiger partial charge in [0.25, 0.3) is 0 Å². The van der Waals surface area contributed by atoms with Crippen LogP contribution in [0.25, 0.3) is 0 Å². The number of nitrogens with two attached hydrogens (primary N) is 1. The van der Waals surface area contributed by atoms with Crippen LogP contribution < -0.4 is 10.5 Å². The minimum absolute atomic E-state index is 0.00659. The van der Waals surface area contributed by atoms with E-state index in [1.54, 1.807) is 6.92 Å². The lowest BCUT2D eigenvalue weighted by molar-refractivity contribution is -0.139. The van der Waals surface area contributed by atoms with Crippen molar-refractivity contribution < 1.29 is 17.9 Å². The van der Waals surface area contributed by atoms with E-state index in [2.05, 4.69) is 9.46 Å². The SMILES string of the molecule is COC(=O)C(C)S(=O)(=O)NC(C)(CN)C(C)C. The molecule has 0 aliphatic carbocycles. The molecule has 6 nitrogen and oxygen atoms in total. The fourth-order valence-electron chi connectivity index (χ4n) is 1.10. The van der Waals surface area contributed by atoms with Crippen LogP contribution in [0.2, 0.25) is 0 Å². The van der Waals surface area contributed by atoms with Crippen LogP contribution >= 0.6 is 0 Å². The molecule has 3 N–H and O–H groups in total. The Morgan fingerprint density at radius 1 is 1.41 bits per heavy atom. The molecule has 0 amide bonds. The fraction of sp³-hybridized carbons (Fsp3) is 0.900. The van der Waals surface area contributed by atoms with Crippen molar-refractivity contribution in [1.82, 2.24) is 4.72 Å². The Morgan fingerprint density at radius 3 is 2.18 bits per heavy atom. The molecular weight excluding hydrogens is 244 g/mol. The second-order valence-electron chi connectivity index (χ2n) is 4.59. The highest BCUT2D eigenvalue weighted by Crippen LogP contribution is 2.17. The molecule has 0 aromatic heterocycles. The third-order valence-electron chi connectivity index (χ3n) is 3.07. The summed E-state index contributed by atoms with van der Waals surface area (Å²) in [6.07, 6.45) is 0. The molecule has 0 radical (unpaired) electrons. The first-order valence-electron chi connectivity index (χ1n) is 5.41. The molecule has 0 rings (SSSR count). The number of methoxy groups -OCH3 is 1. The van der Waals surface area contributed by atoms with Gasteiger partial charge in [-0.05, 0) is 19.8 Å². The zero-order valence-electron chi connectivity index (χ0n) is 11.0. The van der Waals surface area contributed by atoms with Gasteiger partial charge in [0.2, 0.25) is 10.0 Å². The first kappa shape index (κ1) is 16.3. The molecule has 17 heavy (non-hydrogen) atoms. The van der Waals surface area contributed by atoms with Crippen LogP contribution in [0, 0.1) is 5.92 Å². The Balaban J connectivity index is 5.05. The predicted molar refractivity (Wildman–Crippen MR) is 65.8 cm³/mol. The van der Waals surface area contributed by atoms with E-state index in [1.165, 1.54) is 6.92 Å². The van der Waals surface area contributed by atoms with Gasteiger partial charge in [0.15, 0.2) is 5.25 Å². The largest absolute Gasteiger partial charge is 0.468 e. The van der Waals surface area contributed by atoms with E-state index < -0.39 is 26.8 Å². The highest BCUT2D eigenvalue weighted by molar-refractivity contribution is 7.90. The predicted octanol–water partition coefficient (Wildman–Crippen LogP) is -0.159. The zero-order valence-corrected chi connectivity index (χ0v) is 11.8. The summed E-state index contributed by atoms with van der Waals surface area (Å²) < 4.78 is 30.8. The molecule has 0 aromatic carbocycles. The number of carbonyl (C=O) groups excluding carboxylic acids is 1. The Kier molecular flexibility index (Phi) is 5.57. The second-order valence-corrected chi connectivity index (χ2v) is 6.59. The van der Waals surface area contributed by atoms with Gasteiger partial charge in [-0.25, -0.2) is 13.1 Å². The van der Waals surface area contributed by atoms with Crippen molar-refractivity contribution >= 4 is 16.0 Å². The lowest BCUT2D eigenvalue weighted by Crippen LogP contribution is -2.57. The molecular formula is C10H22N2O4S. The molecule has 0 heterocycles. The highest BCUT2D eigenvalue weighted by Gasteiger charge is 2.37. The Hall–Kier alpha value is -0.660. The Labute approximate surface area is 103 Å². The standard InChI is InChI=1S/C10H22N2O4S/c1-7(2)10(4,6-11)12-17(14,15)8(3)9(13)16-5/h7-8,12H,6,11H2,1-5H3. The van der Waals surface area contributed by atoms with Gasteiger partial charge < -0.3 is 10.5 Å². The number of rotatable bonds is 6. The summed E-state index contributed by atoms with van der Waals surface area (Å²) in [6.45, 7) is 6.86. The molecule has 0 aromatic rings. The maximum Gasteiger partial charge on any atom is 0.325 e. The molecule has 102 valence electrons.